The fraction of sp³-hybridized carbons (Fsp3) is 0.235. The molecule has 20 heavy (non-hydrogen) atoms. The van der Waals surface area contributed by atoms with E-state index in [0.717, 1.165) is 48.1 Å². The number of aliphatic imine (C=N–C) groups is 1. The van der Waals surface area contributed by atoms with Gasteiger partial charge in [0.05, 0.1) is 11.4 Å². The Bertz CT molecular complexity index is 706. The number of hydrogen-bond acceptors (Lipinski definition) is 3. The zero-order valence-corrected chi connectivity index (χ0v) is 11.5. The van der Waals surface area contributed by atoms with E-state index < -0.39 is 0 Å². The molecule has 0 unspecified atom stereocenters. The molecule has 0 aromatic heterocycles. The van der Waals surface area contributed by atoms with Crippen molar-refractivity contribution >= 4 is 17.2 Å². The van der Waals surface area contributed by atoms with Crippen molar-refractivity contribution in [3.8, 4) is 11.5 Å². The van der Waals surface area contributed by atoms with Gasteiger partial charge in [-0.1, -0.05) is 18.2 Å². The summed E-state index contributed by atoms with van der Waals surface area (Å²) in [5.74, 6) is 2.95. The molecule has 0 spiro atoms. The molecule has 0 saturated heterocycles. The summed E-state index contributed by atoms with van der Waals surface area (Å²) in [7, 11) is 0. The van der Waals surface area contributed by atoms with Crippen molar-refractivity contribution in [3.05, 3.63) is 48.0 Å². The molecule has 0 fully saturated rings. The number of ether oxygens (including phenoxy) is 1. The SMILES string of the molecule is Cc1ccc2c(c1)N(C1=NCCC1)c1ccccc1O2. The number of rotatable bonds is 0. The second kappa shape index (κ2) is 4.37. The molecule has 2 aliphatic rings. The zero-order chi connectivity index (χ0) is 13.5. The van der Waals surface area contributed by atoms with Crippen molar-refractivity contribution in [2.75, 3.05) is 11.4 Å². The molecule has 0 N–H and O–H groups in total. The van der Waals surface area contributed by atoms with Crippen LogP contribution in [0.4, 0.5) is 11.4 Å². The number of anilines is 2. The molecule has 0 saturated carbocycles. The number of aryl methyl sites for hydroxylation is 1. The van der Waals surface area contributed by atoms with Crippen LogP contribution in [0.3, 0.4) is 0 Å². The van der Waals surface area contributed by atoms with Gasteiger partial charge in [0, 0.05) is 13.0 Å². The van der Waals surface area contributed by atoms with E-state index >= 15 is 0 Å². The first-order valence-electron chi connectivity index (χ1n) is 7.04. The molecular weight excluding hydrogens is 248 g/mol. The highest BCUT2D eigenvalue weighted by Gasteiger charge is 2.28. The fourth-order valence-corrected chi connectivity index (χ4v) is 2.85. The number of benzene rings is 2. The fourth-order valence-electron chi connectivity index (χ4n) is 2.85. The van der Waals surface area contributed by atoms with Gasteiger partial charge in [0.25, 0.3) is 0 Å². The van der Waals surface area contributed by atoms with E-state index in [-0.39, 0.29) is 0 Å². The smallest absolute Gasteiger partial charge is 0.151 e. The number of amidine groups is 1. The topological polar surface area (TPSA) is 24.8 Å². The maximum Gasteiger partial charge on any atom is 0.151 e. The van der Waals surface area contributed by atoms with Crippen molar-refractivity contribution in [2.45, 2.75) is 19.8 Å². The van der Waals surface area contributed by atoms with Crippen molar-refractivity contribution in [1.29, 1.82) is 0 Å². The Hall–Kier alpha value is -2.29. The Morgan fingerprint density at radius 1 is 1.05 bits per heavy atom. The normalized spacial score (nSPS) is 16.2. The zero-order valence-electron chi connectivity index (χ0n) is 11.5. The van der Waals surface area contributed by atoms with Crippen molar-refractivity contribution < 1.29 is 4.74 Å². The molecule has 0 atom stereocenters. The minimum absolute atomic E-state index is 0.901. The highest BCUT2D eigenvalue weighted by molar-refractivity contribution is 6.08. The molecule has 2 heterocycles. The van der Waals surface area contributed by atoms with Gasteiger partial charge in [-0.3, -0.25) is 9.89 Å². The summed E-state index contributed by atoms with van der Waals surface area (Å²) in [5, 5.41) is 0. The lowest BCUT2D eigenvalue weighted by Crippen LogP contribution is -2.27. The molecule has 0 bridgehead atoms. The van der Waals surface area contributed by atoms with Crippen molar-refractivity contribution in [2.24, 2.45) is 4.99 Å². The maximum absolute atomic E-state index is 6.03. The third kappa shape index (κ3) is 1.70. The summed E-state index contributed by atoms with van der Waals surface area (Å²) in [5.41, 5.74) is 3.42. The molecule has 0 amide bonds. The Morgan fingerprint density at radius 2 is 1.90 bits per heavy atom. The van der Waals surface area contributed by atoms with Gasteiger partial charge in [0.2, 0.25) is 0 Å². The van der Waals surface area contributed by atoms with E-state index in [1.807, 2.05) is 24.3 Å². The van der Waals surface area contributed by atoms with Crippen LogP contribution in [0.25, 0.3) is 0 Å². The van der Waals surface area contributed by atoms with Crippen molar-refractivity contribution in [3.63, 3.8) is 0 Å². The molecular formula is C17H16N2O. The first-order valence-corrected chi connectivity index (χ1v) is 7.04. The lowest BCUT2D eigenvalue weighted by atomic mass is 10.1. The first-order chi connectivity index (χ1) is 9.83. The average molecular weight is 264 g/mol. The van der Waals surface area contributed by atoms with E-state index in [2.05, 4.69) is 35.0 Å². The molecule has 0 radical (unpaired) electrons. The largest absolute Gasteiger partial charge is 0.453 e. The van der Waals surface area contributed by atoms with Crippen LogP contribution >= 0.6 is 0 Å². The lowest BCUT2D eigenvalue weighted by Gasteiger charge is -2.32. The number of fused-ring (bicyclic) bond motifs is 2. The molecule has 2 aromatic carbocycles. The lowest BCUT2D eigenvalue weighted by molar-refractivity contribution is 0.477. The predicted octanol–water partition coefficient (Wildman–Crippen LogP) is 4.43. The summed E-state index contributed by atoms with van der Waals surface area (Å²) in [6.07, 6.45) is 2.16. The quantitative estimate of drug-likeness (QED) is 0.703. The Kier molecular flexibility index (Phi) is 2.52. The van der Waals surface area contributed by atoms with Gasteiger partial charge < -0.3 is 4.74 Å². The van der Waals surface area contributed by atoms with Crippen LogP contribution in [0.2, 0.25) is 0 Å². The minimum Gasteiger partial charge on any atom is -0.453 e. The van der Waals surface area contributed by atoms with Crippen LogP contribution in [0.15, 0.2) is 47.5 Å². The summed E-state index contributed by atoms with van der Waals surface area (Å²) in [4.78, 5) is 6.93. The van der Waals surface area contributed by atoms with E-state index in [1.54, 1.807) is 0 Å². The summed E-state index contributed by atoms with van der Waals surface area (Å²) >= 11 is 0. The van der Waals surface area contributed by atoms with Gasteiger partial charge in [-0.15, -0.1) is 0 Å². The van der Waals surface area contributed by atoms with Crippen LogP contribution in [0.5, 0.6) is 11.5 Å². The maximum atomic E-state index is 6.03. The standard InChI is InChI=1S/C17H16N2O/c1-12-8-9-16-14(11-12)19(17-7-4-10-18-17)13-5-2-3-6-15(13)20-16/h2-3,5-6,8-9,11H,4,7,10H2,1H3. The molecule has 3 nitrogen and oxygen atoms in total. The van der Waals surface area contributed by atoms with Crippen LogP contribution in [-0.2, 0) is 0 Å². The number of nitrogens with zero attached hydrogens (tertiary/aromatic N) is 2. The highest BCUT2D eigenvalue weighted by Crippen LogP contribution is 2.47. The number of hydrogen-bond donors (Lipinski definition) is 0. The summed E-state index contributed by atoms with van der Waals surface area (Å²) < 4.78 is 6.03. The van der Waals surface area contributed by atoms with E-state index in [0.29, 0.717) is 0 Å². The summed E-state index contributed by atoms with van der Waals surface area (Å²) in [6, 6.07) is 14.5. The van der Waals surface area contributed by atoms with Crippen LogP contribution < -0.4 is 9.64 Å². The van der Waals surface area contributed by atoms with Crippen molar-refractivity contribution in [1.82, 2.24) is 0 Å². The van der Waals surface area contributed by atoms with Crippen LogP contribution in [0, 0.1) is 6.92 Å². The molecule has 100 valence electrons. The molecule has 2 aromatic rings. The van der Waals surface area contributed by atoms with Gasteiger partial charge in [-0.25, -0.2) is 0 Å². The van der Waals surface area contributed by atoms with Gasteiger partial charge in [0.15, 0.2) is 11.5 Å². The average Bonchev–Trinajstić information content (AvgIpc) is 2.98. The first kappa shape index (κ1) is 11.5. The van der Waals surface area contributed by atoms with Crippen LogP contribution in [0.1, 0.15) is 18.4 Å². The molecule has 2 aliphatic heterocycles. The monoisotopic (exact) mass is 264 g/mol. The van der Waals surface area contributed by atoms with Gasteiger partial charge >= 0.3 is 0 Å². The summed E-state index contributed by atoms with van der Waals surface area (Å²) in [6.45, 7) is 3.03. The highest BCUT2D eigenvalue weighted by atomic mass is 16.5. The molecule has 3 heteroatoms. The molecule has 0 aliphatic carbocycles. The third-order valence-corrected chi connectivity index (χ3v) is 3.79. The van der Waals surface area contributed by atoms with Gasteiger partial charge in [-0.05, 0) is 43.2 Å². The van der Waals surface area contributed by atoms with E-state index in [1.165, 1.54) is 5.56 Å². The van der Waals surface area contributed by atoms with Gasteiger partial charge in [0.1, 0.15) is 5.84 Å². The van der Waals surface area contributed by atoms with Gasteiger partial charge in [-0.2, -0.15) is 0 Å². The minimum atomic E-state index is 0.901. The van der Waals surface area contributed by atoms with E-state index in [4.69, 9.17) is 4.74 Å². The predicted molar refractivity (Wildman–Crippen MR) is 81.4 cm³/mol. The third-order valence-electron chi connectivity index (χ3n) is 3.79. The van der Waals surface area contributed by atoms with E-state index in [9.17, 15) is 0 Å². The Balaban J connectivity index is 1.93. The second-order valence-corrected chi connectivity index (χ2v) is 5.28. The number of para-hydroxylation sites is 2. The Labute approximate surface area is 118 Å². The Morgan fingerprint density at radius 3 is 2.75 bits per heavy atom. The second-order valence-electron chi connectivity index (χ2n) is 5.28. The molecule has 4 rings (SSSR count). The van der Waals surface area contributed by atoms with Crippen LogP contribution in [-0.4, -0.2) is 12.4 Å².